The van der Waals surface area contributed by atoms with Gasteiger partial charge in [-0.1, -0.05) is 24.3 Å². The van der Waals surface area contributed by atoms with Crippen LogP contribution < -0.4 is 14.9 Å². The van der Waals surface area contributed by atoms with Gasteiger partial charge in [0.2, 0.25) is 0 Å². The maximum absolute atomic E-state index is 11.8. The number of ether oxygens (including phenoxy) is 2. The van der Waals surface area contributed by atoms with Crippen molar-refractivity contribution in [1.29, 1.82) is 0 Å². The van der Waals surface area contributed by atoms with Gasteiger partial charge >= 0.3 is 0 Å². The molecule has 2 aromatic carbocycles. The average molecular weight is 312 g/mol. The highest BCUT2D eigenvalue weighted by Crippen LogP contribution is 2.20. The number of nitrogens with one attached hydrogen (secondary N) is 1. The minimum Gasteiger partial charge on any atom is -0.496 e. The predicted molar refractivity (Wildman–Crippen MR) is 90.1 cm³/mol. The lowest BCUT2D eigenvalue weighted by molar-refractivity contribution is -0.123. The first-order valence-corrected chi connectivity index (χ1v) is 7.25. The molecule has 0 aromatic heterocycles. The number of carbonyl (C=O) groups is 1. The zero-order valence-electron chi connectivity index (χ0n) is 13.5. The predicted octanol–water partition coefficient (Wildman–Crippen LogP) is 2.84. The molecule has 1 N–H and O–H groups in total. The minimum atomic E-state index is -0.322. The first kappa shape index (κ1) is 16.5. The fourth-order valence-corrected chi connectivity index (χ4v) is 2.00. The number of amides is 1. The Hall–Kier alpha value is -2.82. The molecule has 0 saturated carbocycles. The molecule has 2 aromatic rings. The topological polar surface area (TPSA) is 59.9 Å². The molecule has 1 amide bonds. The second-order valence-electron chi connectivity index (χ2n) is 5.02. The van der Waals surface area contributed by atoms with Crippen LogP contribution in [0.2, 0.25) is 0 Å². The minimum absolute atomic E-state index is 0.0897. The highest BCUT2D eigenvalue weighted by molar-refractivity contribution is 5.85. The van der Waals surface area contributed by atoms with Crippen molar-refractivity contribution in [2.75, 3.05) is 13.7 Å². The first-order chi connectivity index (χ1) is 11.1. The highest BCUT2D eigenvalue weighted by Gasteiger charge is 2.05. The van der Waals surface area contributed by atoms with Gasteiger partial charge in [0.1, 0.15) is 11.5 Å². The van der Waals surface area contributed by atoms with E-state index in [1.165, 1.54) is 6.21 Å². The van der Waals surface area contributed by atoms with Crippen molar-refractivity contribution < 1.29 is 14.3 Å². The molecule has 23 heavy (non-hydrogen) atoms. The van der Waals surface area contributed by atoms with E-state index in [0.29, 0.717) is 11.5 Å². The van der Waals surface area contributed by atoms with Crippen LogP contribution >= 0.6 is 0 Å². The fourth-order valence-electron chi connectivity index (χ4n) is 2.00. The second-order valence-corrected chi connectivity index (χ2v) is 5.02. The lowest BCUT2D eigenvalue weighted by Gasteiger charge is -2.09. The monoisotopic (exact) mass is 312 g/mol. The van der Waals surface area contributed by atoms with Crippen molar-refractivity contribution in [1.82, 2.24) is 5.43 Å². The van der Waals surface area contributed by atoms with Gasteiger partial charge in [-0.15, -0.1) is 0 Å². The van der Waals surface area contributed by atoms with Crippen LogP contribution in [0.25, 0.3) is 0 Å². The molecule has 5 nitrogen and oxygen atoms in total. The molecule has 120 valence electrons. The molecule has 0 aliphatic heterocycles. The maximum atomic E-state index is 11.8. The van der Waals surface area contributed by atoms with Crippen LogP contribution in [0, 0.1) is 13.8 Å². The fraction of sp³-hybridized carbons (Fsp3) is 0.222. The number of nitrogens with zero attached hydrogens (tertiary/aromatic N) is 1. The van der Waals surface area contributed by atoms with Crippen molar-refractivity contribution in [2.24, 2.45) is 5.10 Å². The number of hydrogen-bond acceptors (Lipinski definition) is 4. The van der Waals surface area contributed by atoms with Crippen LogP contribution in [-0.4, -0.2) is 25.8 Å². The third-order valence-corrected chi connectivity index (χ3v) is 3.45. The van der Waals surface area contributed by atoms with Crippen molar-refractivity contribution in [3.8, 4) is 11.5 Å². The molecule has 0 aliphatic rings. The van der Waals surface area contributed by atoms with E-state index in [-0.39, 0.29) is 12.5 Å². The first-order valence-electron chi connectivity index (χ1n) is 7.25. The molecule has 0 spiro atoms. The van der Waals surface area contributed by atoms with Crippen molar-refractivity contribution in [2.45, 2.75) is 13.8 Å². The van der Waals surface area contributed by atoms with Crippen LogP contribution in [0.15, 0.2) is 47.6 Å². The van der Waals surface area contributed by atoms with E-state index in [9.17, 15) is 4.79 Å². The number of benzene rings is 2. The summed E-state index contributed by atoms with van der Waals surface area (Å²) in [4.78, 5) is 11.8. The third kappa shape index (κ3) is 4.57. The summed E-state index contributed by atoms with van der Waals surface area (Å²) in [6, 6.07) is 13.2. The van der Waals surface area contributed by atoms with Gasteiger partial charge in [-0.2, -0.15) is 5.10 Å². The number of methoxy groups -OCH3 is 1. The number of rotatable bonds is 6. The molecule has 5 heteroatoms. The van der Waals surface area contributed by atoms with E-state index in [1.807, 2.05) is 56.3 Å². The van der Waals surface area contributed by atoms with Crippen molar-refractivity contribution >= 4 is 12.1 Å². The number of aryl methyl sites for hydroxylation is 1. The molecule has 0 atom stereocenters. The Morgan fingerprint density at radius 1 is 1.13 bits per heavy atom. The molecule has 0 heterocycles. The third-order valence-electron chi connectivity index (χ3n) is 3.45. The summed E-state index contributed by atoms with van der Waals surface area (Å²) in [6.45, 7) is 3.87. The maximum Gasteiger partial charge on any atom is 0.277 e. The van der Waals surface area contributed by atoms with Gasteiger partial charge in [-0.25, -0.2) is 5.43 Å². The molecule has 0 bridgehead atoms. The summed E-state index contributed by atoms with van der Waals surface area (Å²) in [5.41, 5.74) is 5.37. The Morgan fingerprint density at radius 3 is 2.65 bits per heavy atom. The van der Waals surface area contributed by atoms with Gasteiger partial charge in [0.15, 0.2) is 6.61 Å². The molecule has 0 radical (unpaired) electrons. The van der Waals surface area contributed by atoms with E-state index in [1.54, 1.807) is 7.11 Å². The van der Waals surface area contributed by atoms with Gasteiger partial charge in [0, 0.05) is 5.56 Å². The van der Waals surface area contributed by atoms with Gasteiger partial charge in [0.05, 0.1) is 13.3 Å². The highest BCUT2D eigenvalue weighted by atomic mass is 16.5. The Labute approximate surface area is 135 Å². The van der Waals surface area contributed by atoms with Crippen LogP contribution in [-0.2, 0) is 4.79 Å². The normalized spacial score (nSPS) is 10.6. The smallest absolute Gasteiger partial charge is 0.277 e. The van der Waals surface area contributed by atoms with E-state index >= 15 is 0 Å². The van der Waals surface area contributed by atoms with Gasteiger partial charge < -0.3 is 9.47 Å². The Bertz CT molecular complexity index is 711. The summed E-state index contributed by atoms with van der Waals surface area (Å²) >= 11 is 0. The van der Waals surface area contributed by atoms with Crippen molar-refractivity contribution in [3.63, 3.8) is 0 Å². The van der Waals surface area contributed by atoms with Gasteiger partial charge in [-0.05, 0) is 43.2 Å². The summed E-state index contributed by atoms with van der Waals surface area (Å²) in [5.74, 6) is 1.07. The molecule has 0 saturated heterocycles. The lowest BCUT2D eigenvalue weighted by Crippen LogP contribution is -2.24. The molecule has 0 unspecified atom stereocenters. The number of carbonyl (C=O) groups excluding carboxylic acids is 1. The average Bonchev–Trinajstić information content (AvgIpc) is 2.56. The number of hydrogen-bond donors (Lipinski definition) is 1. The quantitative estimate of drug-likeness (QED) is 0.659. The zero-order chi connectivity index (χ0) is 16.7. The molecule has 2 rings (SSSR count). The Morgan fingerprint density at radius 2 is 1.87 bits per heavy atom. The largest absolute Gasteiger partial charge is 0.496 e. The zero-order valence-corrected chi connectivity index (χ0v) is 13.5. The summed E-state index contributed by atoms with van der Waals surface area (Å²) in [6.07, 6.45) is 1.54. The van der Waals surface area contributed by atoms with E-state index in [2.05, 4.69) is 10.5 Å². The second kappa shape index (κ2) is 7.98. The van der Waals surface area contributed by atoms with Crippen molar-refractivity contribution in [3.05, 3.63) is 59.2 Å². The van der Waals surface area contributed by atoms with E-state index in [4.69, 9.17) is 9.47 Å². The van der Waals surface area contributed by atoms with E-state index in [0.717, 1.165) is 16.7 Å². The standard InChI is InChI=1S/C18H20N2O3/c1-13-7-6-10-16(14(13)2)23-12-18(21)20-19-11-15-8-4-5-9-17(15)22-3/h4-11H,12H2,1-3H3,(H,20,21). The summed E-state index contributed by atoms with van der Waals surface area (Å²) < 4.78 is 10.7. The van der Waals surface area contributed by atoms with Crippen LogP contribution in [0.3, 0.4) is 0 Å². The molecule has 0 aliphatic carbocycles. The molecule has 0 fully saturated rings. The Kier molecular flexibility index (Phi) is 5.74. The molecular weight excluding hydrogens is 292 g/mol. The summed E-state index contributed by atoms with van der Waals surface area (Å²) in [7, 11) is 1.59. The number of hydrazone groups is 1. The Balaban J connectivity index is 1.88. The van der Waals surface area contributed by atoms with Crippen LogP contribution in [0.4, 0.5) is 0 Å². The lowest BCUT2D eigenvalue weighted by atomic mass is 10.1. The van der Waals surface area contributed by atoms with Crippen LogP contribution in [0.5, 0.6) is 11.5 Å². The van der Waals surface area contributed by atoms with E-state index < -0.39 is 0 Å². The SMILES string of the molecule is COc1ccccc1C=NNC(=O)COc1cccc(C)c1C. The van der Waals surface area contributed by atoms with Gasteiger partial charge in [0.25, 0.3) is 5.91 Å². The van der Waals surface area contributed by atoms with Crippen LogP contribution in [0.1, 0.15) is 16.7 Å². The van der Waals surface area contributed by atoms with Gasteiger partial charge in [-0.3, -0.25) is 4.79 Å². The number of para-hydroxylation sites is 1. The molecular formula is C18H20N2O3. The summed E-state index contributed by atoms with van der Waals surface area (Å²) in [5, 5.41) is 3.92.